The molecule has 0 aliphatic heterocycles. The van der Waals surface area contributed by atoms with Crippen molar-refractivity contribution in [2.45, 2.75) is 13.3 Å². The van der Waals surface area contributed by atoms with Crippen molar-refractivity contribution in [3.05, 3.63) is 86.8 Å². The van der Waals surface area contributed by atoms with Gasteiger partial charge in [-0.15, -0.1) is 11.3 Å². The zero-order chi connectivity index (χ0) is 18.3. The molecule has 0 unspecified atom stereocenters. The lowest BCUT2D eigenvalue weighted by molar-refractivity contribution is 0.612. The molecular formula is C20H14F2N2OS. The summed E-state index contributed by atoms with van der Waals surface area (Å²) in [7, 11) is 0. The van der Waals surface area contributed by atoms with Crippen molar-refractivity contribution < 1.29 is 8.78 Å². The summed E-state index contributed by atoms with van der Waals surface area (Å²) in [6.07, 6.45) is 0.209. The lowest BCUT2D eigenvalue weighted by Gasteiger charge is -2.04. The van der Waals surface area contributed by atoms with Crippen LogP contribution in [0.25, 0.3) is 21.3 Å². The normalized spacial score (nSPS) is 11.2. The van der Waals surface area contributed by atoms with Gasteiger partial charge in [-0.05, 0) is 36.2 Å². The minimum atomic E-state index is -0.329. The van der Waals surface area contributed by atoms with Crippen LogP contribution in [-0.2, 0) is 6.42 Å². The predicted molar refractivity (Wildman–Crippen MR) is 99.6 cm³/mol. The second-order valence-electron chi connectivity index (χ2n) is 6.00. The number of hydrogen-bond donors (Lipinski definition) is 1. The fraction of sp³-hybridized carbons (Fsp3) is 0.100. The summed E-state index contributed by atoms with van der Waals surface area (Å²) in [5, 5.41) is 0.483. The lowest BCUT2D eigenvalue weighted by atomic mass is 10.0. The maximum Gasteiger partial charge on any atom is 0.260 e. The minimum Gasteiger partial charge on any atom is -0.310 e. The summed E-state index contributed by atoms with van der Waals surface area (Å²) < 4.78 is 27.1. The molecule has 130 valence electrons. The van der Waals surface area contributed by atoms with Crippen LogP contribution in [0.5, 0.6) is 0 Å². The molecule has 0 aliphatic carbocycles. The van der Waals surface area contributed by atoms with E-state index in [9.17, 15) is 13.6 Å². The molecule has 4 aromatic rings. The van der Waals surface area contributed by atoms with E-state index in [1.807, 2.05) is 6.92 Å². The van der Waals surface area contributed by atoms with Crippen molar-refractivity contribution in [1.29, 1.82) is 0 Å². The predicted octanol–water partition coefficient (Wildman–Crippen LogP) is 4.83. The molecule has 0 atom stereocenters. The Hall–Kier alpha value is -2.86. The van der Waals surface area contributed by atoms with Crippen molar-refractivity contribution in [3.63, 3.8) is 0 Å². The van der Waals surface area contributed by atoms with Crippen LogP contribution in [0, 0.1) is 18.6 Å². The van der Waals surface area contributed by atoms with Crippen LogP contribution in [0.2, 0.25) is 0 Å². The number of thiophene rings is 1. The SMILES string of the molecule is Cc1sc2nc(Cc3ccccc3F)[nH]c(=O)c2c1-c1ccc(F)cc1. The highest BCUT2D eigenvalue weighted by Crippen LogP contribution is 2.35. The van der Waals surface area contributed by atoms with E-state index >= 15 is 0 Å². The molecule has 0 bridgehead atoms. The highest BCUT2D eigenvalue weighted by molar-refractivity contribution is 7.19. The van der Waals surface area contributed by atoms with E-state index in [0.717, 1.165) is 16.0 Å². The maximum absolute atomic E-state index is 13.9. The fourth-order valence-corrected chi connectivity index (χ4v) is 4.10. The van der Waals surface area contributed by atoms with Crippen LogP contribution in [0.1, 0.15) is 16.3 Å². The molecule has 4 rings (SSSR count). The third kappa shape index (κ3) is 2.93. The minimum absolute atomic E-state index is 0.209. The van der Waals surface area contributed by atoms with Gasteiger partial charge in [0.05, 0.1) is 5.39 Å². The molecule has 3 nitrogen and oxygen atoms in total. The molecule has 2 aromatic heterocycles. The van der Waals surface area contributed by atoms with E-state index in [1.54, 1.807) is 30.3 Å². The number of fused-ring (bicyclic) bond motifs is 1. The molecule has 0 amide bonds. The van der Waals surface area contributed by atoms with Crippen LogP contribution in [0.15, 0.2) is 53.3 Å². The Kier molecular flexibility index (Phi) is 4.12. The van der Waals surface area contributed by atoms with Crippen molar-refractivity contribution in [2.75, 3.05) is 0 Å². The molecule has 1 N–H and O–H groups in total. The molecule has 2 aromatic carbocycles. The summed E-state index contributed by atoms with van der Waals surface area (Å²) in [4.78, 5) is 21.5. The number of aromatic nitrogens is 2. The van der Waals surface area contributed by atoms with Gasteiger partial charge in [-0.25, -0.2) is 13.8 Å². The summed E-state index contributed by atoms with van der Waals surface area (Å²) in [6, 6.07) is 12.5. The van der Waals surface area contributed by atoms with Gasteiger partial charge >= 0.3 is 0 Å². The Labute approximate surface area is 152 Å². The molecule has 2 heterocycles. The van der Waals surface area contributed by atoms with E-state index in [2.05, 4.69) is 9.97 Å². The first-order valence-electron chi connectivity index (χ1n) is 8.04. The topological polar surface area (TPSA) is 45.8 Å². The Morgan fingerprint density at radius 1 is 1.08 bits per heavy atom. The maximum atomic E-state index is 13.9. The quantitative estimate of drug-likeness (QED) is 0.563. The smallest absolute Gasteiger partial charge is 0.260 e. The average Bonchev–Trinajstić information content (AvgIpc) is 2.94. The number of hydrogen-bond acceptors (Lipinski definition) is 3. The summed E-state index contributed by atoms with van der Waals surface area (Å²) >= 11 is 1.40. The zero-order valence-electron chi connectivity index (χ0n) is 13.8. The van der Waals surface area contributed by atoms with Crippen LogP contribution >= 0.6 is 11.3 Å². The third-order valence-electron chi connectivity index (χ3n) is 4.24. The van der Waals surface area contributed by atoms with Gasteiger partial charge in [0.15, 0.2) is 0 Å². The van der Waals surface area contributed by atoms with Crippen LogP contribution in [0.4, 0.5) is 8.78 Å². The van der Waals surface area contributed by atoms with Gasteiger partial charge in [-0.1, -0.05) is 30.3 Å². The molecule has 26 heavy (non-hydrogen) atoms. The molecular weight excluding hydrogens is 354 g/mol. The second kappa shape index (κ2) is 6.46. The summed E-state index contributed by atoms with van der Waals surface area (Å²) in [5.74, 6) is -0.241. The number of H-pyrrole nitrogens is 1. The Balaban J connectivity index is 1.83. The van der Waals surface area contributed by atoms with Gasteiger partial charge in [-0.3, -0.25) is 4.79 Å². The highest BCUT2D eigenvalue weighted by atomic mass is 32.1. The number of rotatable bonds is 3. The number of aryl methyl sites for hydroxylation is 1. The van der Waals surface area contributed by atoms with E-state index < -0.39 is 0 Å². The highest BCUT2D eigenvalue weighted by Gasteiger charge is 2.17. The first kappa shape index (κ1) is 16.6. The van der Waals surface area contributed by atoms with Crippen LogP contribution in [0.3, 0.4) is 0 Å². The number of benzene rings is 2. The van der Waals surface area contributed by atoms with Gasteiger partial charge in [0, 0.05) is 16.9 Å². The molecule has 0 saturated heterocycles. The summed E-state index contributed by atoms with van der Waals surface area (Å²) in [5.41, 5.74) is 1.73. The zero-order valence-corrected chi connectivity index (χ0v) is 14.7. The number of aromatic amines is 1. The number of nitrogens with zero attached hydrogens (tertiary/aromatic N) is 1. The molecule has 0 saturated carbocycles. The van der Waals surface area contributed by atoms with Gasteiger partial charge in [0.1, 0.15) is 22.3 Å². The van der Waals surface area contributed by atoms with E-state index in [-0.39, 0.29) is 23.6 Å². The Morgan fingerprint density at radius 2 is 1.81 bits per heavy atom. The third-order valence-corrected chi connectivity index (χ3v) is 5.23. The largest absolute Gasteiger partial charge is 0.310 e. The van der Waals surface area contributed by atoms with Gasteiger partial charge in [0.25, 0.3) is 5.56 Å². The van der Waals surface area contributed by atoms with Crippen LogP contribution in [-0.4, -0.2) is 9.97 Å². The second-order valence-corrected chi connectivity index (χ2v) is 7.20. The molecule has 0 fully saturated rings. The van der Waals surface area contributed by atoms with Crippen molar-refractivity contribution in [3.8, 4) is 11.1 Å². The van der Waals surface area contributed by atoms with Crippen LogP contribution < -0.4 is 5.56 Å². The lowest BCUT2D eigenvalue weighted by Crippen LogP contribution is -2.12. The van der Waals surface area contributed by atoms with Gasteiger partial charge in [0.2, 0.25) is 0 Å². The molecule has 0 radical (unpaired) electrons. The molecule has 0 aliphatic rings. The first-order valence-corrected chi connectivity index (χ1v) is 8.86. The monoisotopic (exact) mass is 368 g/mol. The first-order chi connectivity index (χ1) is 12.5. The van der Waals surface area contributed by atoms with Crippen molar-refractivity contribution >= 4 is 21.6 Å². The van der Waals surface area contributed by atoms with Crippen molar-refractivity contribution in [1.82, 2.24) is 9.97 Å². The summed E-state index contributed by atoms with van der Waals surface area (Å²) in [6.45, 7) is 1.90. The number of nitrogens with one attached hydrogen (secondary N) is 1. The fourth-order valence-electron chi connectivity index (χ4n) is 3.03. The average molecular weight is 368 g/mol. The van der Waals surface area contributed by atoms with Gasteiger partial charge < -0.3 is 4.98 Å². The van der Waals surface area contributed by atoms with E-state index in [1.165, 1.54) is 29.5 Å². The number of halogens is 2. The van der Waals surface area contributed by atoms with Gasteiger partial charge in [-0.2, -0.15) is 0 Å². The Morgan fingerprint density at radius 3 is 2.54 bits per heavy atom. The Bertz CT molecular complexity index is 1160. The van der Waals surface area contributed by atoms with E-state index in [4.69, 9.17) is 0 Å². The van der Waals surface area contributed by atoms with E-state index in [0.29, 0.717) is 21.6 Å². The molecule has 6 heteroatoms. The van der Waals surface area contributed by atoms with Crippen molar-refractivity contribution in [2.24, 2.45) is 0 Å². The molecule has 0 spiro atoms. The standard InChI is InChI=1S/C20H14F2N2OS/c1-11-17(12-6-8-14(21)9-7-12)18-19(25)23-16(24-20(18)26-11)10-13-4-2-3-5-15(13)22/h2-9H,10H2,1H3,(H,23,24,25).